The predicted molar refractivity (Wildman–Crippen MR) is 102 cm³/mol. The van der Waals surface area contributed by atoms with E-state index in [1.807, 2.05) is 93.6 Å². The SMILES string of the molecule is CC(C)(C)C(=O)OC(/C=C/CC#Cc1ccccc1)c1ccccc1. The lowest BCUT2D eigenvalue weighted by molar-refractivity contribution is -0.156. The van der Waals surface area contributed by atoms with Crippen LogP contribution < -0.4 is 0 Å². The quantitative estimate of drug-likeness (QED) is 0.430. The van der Waals surface area contributed by atoms with Crippen LogP contribution in [-0.4, -0.2) is 5.97 Å². The molecule has 0 spiro atoms. The molecule has 0 saturated carbocycles. The summed E-state index contributed by atoms with van der Waals surface area (Å²) in [6.07, 6.45) is 4.06. The Kier molecular flexibility index (Phi) is 6.60. The lowest BCUT2D eigenvalue weighted by Gasteiger charge is -2.21. The standard InChI is InChI=1S/C23H24O2/c1-23(2,3)22(24)25-21(20-16-10-6-11-17-20)18-12-5-9-15-19-13-7-4-8-14-19/h4,6-8,10-14,16-18,21H,5H2,1-3H3/b18-12+. The van der Waals surface area contributed by atoms with E-state index in [0.717, 1.165) is 11.1 Å². The Morgan fingerprint density at radius 2 is 1.64 bits per heavy atom. The fraction of sp³-hybridized carbons (Fsp3) is 0.261. The fourth-order valence-corrected chi connectivity index (χ4v) is 2.08. The Balaban J connectivity index is 2.06. The minimum Gasteiger partial charge on any atom is -0.453 e. The summed E-state index contributed by atoms with van der Waals surface area (Å²) in [5.74, 6) is 6.01. The van der Waals surface area contributed by atoms with E-state index in [4.69, 9.17) is 4.74 Å². The van der Waals surface area contributed by atoms with E-state index >= 15 is 0 Å². The largest absolute Gasteiger partial charge is 0.453 e. The van der Waals surface area contributed by atoms with Crippen molar-refractivity contribution in [3.05, 3.63) is 83.9 Å². The number of allylic oxidation sites excluding steroid dienone is 1. The third-order valence-corrected chi connectivity index (χ3v) is 3.51. The Bertz CT molecular complexity index is 756. The van der Waals surface area contributed by atoms with E-state index in [0.29, 0.717) is 6.42 Å². The maximum atomic E-state index is 12.2. The molecule has 1 atom stereocenters. The van der Waals surface area contributed by atoms with Crippen LogP contribution >= 0.6 is 0 Å². The first-order valence-corrected chi connectivity index (χ1v) is 8.43. The molecule has 0 N–H and O–H groups in total. The van der Waals surface area contributed by atoms with Gasteiger partial charge in [0.25, 0.3) is 0 Å². The second-order valence-corrected chi connectivity index (χ2v) is 6.79. The van der Waals surface area contributed by atoms with Crippen LogP contribution in [0.25, 0.3) is 0 Å². The van der Waals surface area contributed by atoms with E-state index in [-0.39, 0.29) is 5.97 Å². The Morgan fingerprint density at radius 3 is 2.24 bits per heavy atom. The van der Waals surface area contributed by atoms with Crippen molar-refractivity contribution in [2.75, 3.05) is 0 Å². The molecule has 0 aliphatic rings. The van der Waals surface area contributed by atoms with Crippen molar-refractivity contribution in [3.8, 4) is 11.8 Å². The molecular weight excluding hydrogens is 308 g/mol. The van der Waals surface area contributed by atoms with E-state index in [1.165, 1.54) is 0 Å². The summed E-state index contributed by atoms with van der Waals surface area (Å²) in [6.45, 7) is 5.56. The van der Waals surface area contributed by atoms with Gasteiger partial charge in [0.1, 0.15) is 6.10 Å². The molecule has 0 radical (unpaired) electrons. The van der Waals surface area contributed by atoms with Crippen LogP contribution in [0.5, 0.6) is 0 Å². The summed E-state index contributed by atoms with van der Waals surface area (Å²) in [6, 6.07) is 19.6. The van der Waals surface area contributed by atoms with Crippen molar-refractivity contribution in [2.24, 2.45) is 5.41 Å². The summed E-state index contributed by atoms with van der Waals surface area (Å²) in [5, 5.41) is 0. The molecule has 0 aliphatic heterocycles. The van der Waals surface area contributed by atoms with Crippen LogP contribution in [0.2, 0.25) is 0 Å². The number of benzene rings is 2. The minimum absolute atomic E-state index is 0.221. The topological polar surface area (TPSA) is 26.3 Å². The molecule has 2 heteroatoms. The minimum atomic E-state index is -0.534. The molecule has 0 amide bonds. The number of hydrogen-bond acceptors (Lipinski definition) is 2. The fourth-order valence-electron chi connectivity index (χ4n) is 2.08. The molecule has 2 aromatic rings. The van der Waals surface area contributed by atoms with Gasteiger partial charge in [0.15, 0.2) is 0 Å². The van der Waals surface area contributed by atoms with Crippen LogP contribution in [0.1, 0.15) is 44.4 Å². The molecule has 128 valence electrons. The number of rotatable bonds is 4. The molecular formula is C23H24O2. The van der Waals surface area contributed by atoms with Crippen molar-refractivity contribution in [3.63, 3.8) is 0 Å². The lowest BCUT2D eigenvalue weighted by atomic mass is 9.97. The van der Waals surface area contributed by atoms with Crippen molar-refractivity contribution in [1.29, 1.82) is 0 Å². The predicted octanol–water partition coefficient (Wildman–Crippen LogP) is 5.32. The van der Waals surface area contributed by atoms with E-state index in [1.54, 1.807) is 0 Å². The third-order valence-electron chi connectivity index (χ3n) is 3.51. The van der Waals surface area contributed by atoms with Crippen molar-refractivity contribution in [2.45, 2.75) is 33.3 Å². The molecule has 0 heterocycles. The molecule has 1 unspecified atom stereocenters. The summed E-state index contributed by atoms with van der Waals surface area (Å²) in [4.78, 5) is 12.2. The van der Waals surface area contributed by atoms with Crippen LogP contribution in [0.4, 0.5) is 0 Å². The highest BCUT2D eigenvalue weighted by Crippen LogP contribution is 2.24. The van der Waals surface area contributed by atoms with Gasteiger partial charge >= 0.3 is 5.97 Å². The van der Waals surface area contributed by atoms with Crippen molar-refractivity contribution in [1.82, 2.24) is 0 Å². The number of esters is 1. The molecule has 0 fully saturated rings. The number of ether oxygens (including phenoxy) is 1. The number of carbonyl (C=O) groups is 1. The zero-order valence-electron chi connectivity index (χ0n) is 15.0. The summed E-state index contributed by atoms with van der Waals surface area (Å²) < 4.78 is 5.69. The van der Waals surface area contributed by atoms with E-state index in [2.05, 4.69) is 11.8 Å². The van der Waals surface area contributed by atoms with Gasteiger partial charge in [-0.05, 0) is 44.5 Å². The number of hydrogen-bond donors (Lipinski definition) is 0. The van der Waals surface area contributed by atoms with Gasteiger partial charge in [-0.15, -0.1) is 0 Å². The Morgan fingerprint density at radius 1 is 1.04 bits per heavy atom. The summed E-state index contributed by atoms with van der Waals surface area (Å²) >= 11 is 0. The molecule has 25 heavy (non-hydrogen) atoms. The van der Waals surface area contributed by atoms with Crippen LogP contribution in [-0.2, 0) is 9.53 Å². The average molecular weight is 332 g/mol. The molecule has 2 aromatic carbocycles. The molecule has 0 aliphatic carbocycles. The lowest BCUT2D eigenvalue weighted by Crippen LogP contribution is -2.24. The highest BCUT2D eigenvalue weighted by Gasteiger charge is 2.26. The van der Waals surface area contributed by atoms with Gasteiger partial charge in [-0.1, -0.05) is 66.4 Å². The molecule has 0 saturated heterocycles. The maximum absolute atomic E-state index is 12.2. The van der Waals surface area contributed by atoms with Crippen molar-refractivity contribution < 1.29 is 9.53 Å². The normalized spacial score (nSPS) is 12.3. The number of carbonyl (C=O) groups excluding carboxylic acids is 1. The molecule has 2 nitrogen and oxygen atoms in total. The van der Waals surface area contributed by atoms with Crippen LogP contribution in [0.3, 0.4) is 0 Å². The first-order chi connectivity index (χ1) is 12.0. The third kappa shape index (κ3) is 6.31. The van der Waals surface area contributed by atoms with E-state index < -0.39 is 11.5 Å². The zero-order valence-corrected chi connectivity index (χ0v) is 15.0. The smallest absolute Gasteiger partial charge is 0.312 e. The maximum Gasteiger partial charge on any atom is 0.312 e. The van der Waals surface area contributed by atoms with Gasteiger partial charge in [-0.2, -0.15) is 0 Å². The van der Waals surface area contributed by atoms with Gasteiger partial charge in [0.05, 0.1) is 5.41 Å². The van der Waals surface area contributed by atoms with Gasteiger partial charge in [0.2, 0.25) is 0 Å². The highest BCUT2D eigenvalue weighted by atomic mass is 16.5. The molecule has 0 aromatic heterocycles. The van der Waals surface area contributed by atoms with Gasteiger partial charge < -0.3 is 4.74 Å². The summed E-state index contributed by atoms with van der Waals surface area (Å²) in [5.41, 5.74) is 1.41. The zero-order chi connectivity index (χ0) is 18.1. The first kappa shape index (κ1) is 18.5. The van der Waals surface area contributed by atoms with Crippen LogP contribution in [0, 0.1) is 17.3 Å². The monoisotopic (exact) mass is 332 g/mol. The van der Waals surface area contributed by atoms with Crippen LogP contribution in [0.15, 0.2) is 72.8 Å². The summed E-state index contributed by atoms with van der Waals surface area (Å²) in [7, 11) is 0. The Labute approximate surface area is 150 Å². The van der Waals surface area contributed by atoms with Gasteiger partial charge in [0, 0.05) is 12.0 Å². The first-order valence-electron chi connectivity index (χ1n) is 8.43. The average Bonchev–Trinajstić information content (AvgIpc) is 2.61. The van der Waals surface area contributed by atoms with Gasteiger partial charge in [-0.3, -0.25) is 4.79 Å². The van der Waals surface area contributed by atoms with Crippen molar-refractivity contribution >= 4 is 5.97 Å². The van der Waals surface area contributed by atoms with Gasteiger partial charge in [-0.25, -0.2) is 0 Å². The van der Waals surface area contributed by atoms with E-state index in [9.17, 15) is 4.79 Å². The second kappa shape index (κ2) is 8.89. The molecule has 0 bridgehead atoms. The second-order valence-electron chi connectivity index (χ2n) is 6.79. The molecule has 2 rings (SSSR count). The Hall–Kier alpha value is -2.79. The highest BCUT2D eigenvalue weighted by molar-refractivity contribution is 5.75.